The monoisotopic (exact) mass is 254 g/mol. The molecule has 0 spiro atoms. The second-order valence-corrected chi connectivity index (χ2v) is 6.09. The highest BCUT2D eigenvalue weighted by Gasteiger charge is 2.20. The van der Waals surface area contributed by atoms with E-state index in [9.17, 15) is 4.79 Å². The Morgan fingerprint density at radius 1 is 1.22 bits per heavy atom. The van der Waals surface area contributed by atoms with Crippen LogP contribution in [0.3, 0.4) is 0 Å². The van der Waals surface area contributed by atoms with E-state index >= 15 is 0 Å². The molecule has 0 heterocycles. The summed E-state index contributed by atoms with van der Waals surface area (Å²) in [5, 5.41) is 6.35. The molecule has 3 nitrogen and oxygen atoms in total. The van der Waals surface area contributed by atoms with Crippen molar-refractivity contribution in [3.05, 3.63) is 0 Å². The zero-order valence-corrected chi connectivity index (χ0v) is 12.3. The van der Waals surface area contributed by atoms with Gasteiger partial charge in [-0.15, -0.1) is 0 Å². The van der Waals surface area contributed by atoms with Crippen molar-refractivity contribution < 1.29 is 4.79 Å². The summed E-state index contributed by atoms with van der Waals surface area (Å²) in [5.74, 6) is 1.60. The number of hydrogen-bond acceptors (Lipinski definition) is 2. The second-order valence-electron chi connectivity index (χ2n) is 6.09. The largest absolute Gasteiger partial charge is 0.355 e. The fourth-order valence-electron chi connectivity index (χ4n) is 2.68. The molecule has 0 aromatic carbocycles. The molecule has 0 aromatic heterocycles. The molecule has 1 aliphatic rings. The Morgan fingerprint density at radius 2 is 1.89 bits per heavy atom. The number of hydrogen-bond donors (Lipinski definition) is 2. The molecule has 0 aliphatic heterocycles. The highest BCUT2D eigenvalue weighted by atomic mass is 16.1. The van der Waals surface area contributed by atoms with E-state index in [0.29, 0.717) is 18.5 Å². The molecule has 1 fully saturated rings. The van der Waals surface area contributed by atoms with Gasteiger partial charge in [0.25, 0.3) is 0 Å². The van der Waals surface area contributed by atoms with E-state index in [1.807, 2.05) is 0 Å². The van der Waals surface area contributed by atoms with Crippen molar-refractivity contribution in [2.45, 2.75) is 65.3 Å². The third kappa shape index (κ3) is 6.39. The Kier molecular flexibility index (Phi) is 7.33. The van der Waals surface area contributed by atoms with E-state index < -0.39 is 0 Å². The number of carbonyl (C=O) groups excluding carboxylic acids is 1. The van der Waals surface area contributed by atoms with Crippen LogP contribution in [0.1, 0.15) is 59.3 Å². The summed E-state index contributed by atoms with van der Waals surface area (Å²) < 4.78 is 0. The molecule has 1 saturated carbocycles. The summed E-state index contributed by atoms with van der Waals surface area (Å²) in [6, 6.07) is 0.558. The quantitative estimate of drug-likeness (QED) is 0.733. The van der Waals surface area contributed by atoms with Gasteiger partial charge in [0.15, 0.2) is 0 Å². The van der Waals surface area contributed by atoms with Crippen molar-refractivity contribution >= 4 is 5.91 Å². The minimum Gasteiger partial charge on any atom is -0.355 e. The lowest BCUT2D eigenvalue weighted by Crippen LogP contribution is -2.41. The van der Waals surface area contributed by atoms with E-state index in [4.69, 9.17) is 0 Å². The lowest BCUT2D eigenvalue weighted by molar-refractivity contribution is -0.120. The minimum atomic E-state index is 0.138. The van der Waals surface area contributed by atoms with Crippen molar-refractivity contribution in [1.82, 2.24) is 10.6 Å². The van der Waals surface area contributed by atoms with Gasteiger partial charge in [0.05, 0.1) is 6.54 Å². The minimum absolute atomic E-state index is 0.138. The van der Waals surface area contributed by atoms with Crippen LogP contribution in [0.4, 0.5) is 0 Å². The molecular formula is C15H30N2O. The predicted octanol–water partition coefficient (Wildman–Crippen LogP) is 2.71. The van der Waals surface area contributed by atoms with Gasteiger partial charge in [0.2, 0.25) is 5.91 Å². The normalized spacial score (nSPS) is 24.2. The zero-order chi connectivity index (χ0) is 13.4. The van der Waals surface area contributed by atoms with E-state index in [1.165, 1.54) is 38.5 Å². The van der Waals surface area contributed by atoms with Gasteiger partial charge in [0.1, 0.15) is 0 Å². The fraction of sp³-hybridized carbons (Fsp3) is 0.933. The molecule has 0 saturated heterocycles. The number of amides is 1. The molecule has 0 unspecified atom stereocenters. The van der Waals surface area contributed by atoms with Crippen LogP contribution in [-0.2, 0) is 4.79 Å². The molecule has 0 radical (unpaired) electrons. The molecule has 0 bridgehead atoms. The molecule has 1 amide bonds. The van der Waals surface area contributed by atoms with Crippen LogP contribution in [0.15, 0.2) is 0 Å². The van der Waals surface area contributed by atoms with Gasteiger partial charge in [-0.2, -0.15) is 0 Å². The summed E-state index contributed by atoms with van der Waals surface area (Å²) in [5.41, 5.74) is 0. The third-order valence-corrected chi connectivity index (χ3v) is 3.80. The standard InChI is InChI=1S/C15H30N2O/c1-4-5-13-6-8-14(9-7-13)16-11-15(18)17-10-12(2)3/h12-14,16H,4-11H2,1-3H3,(H,17,18). The predicted molar refractivity (Wildman–Crippen MR) is 76.5 cm³/mol. The average molecular weight is 254 g/mol. The van der Waals surface area contributed by atoms with Gasteiger partial charge < -0.3 is 10.6 Å². The Morgan fingerprint density at radius 3 is 2.44 bits per heavy atom. The highest BCUT2D eigenvalue weighted by molar-refractivity contribution is 5.77. The average Bonchev–Trinajstić information content (AvgIpc) is 2.36. The molecule has 0 atom stereocenters. The Labute approximate surface area is 112 Å². The van der Waals surface area contributed by atoms with Gasteiger partial charge in [-0.3, -0.25) is 4.79 Å². The molecule has 2 N–H and O–H groups in total. The first-order valence-electron chi connectivity index (χ1n) is 7.61. The molecule has 0 aromatic rings. The number of nitrogens with one attached hydrogen (secondary N) is 2. The van der Waals surface area contributed by atoms with Crippen LogP contribution >= 0.6 is 0 Å². The lowest BCUT2D eigenvalue weighted by atomic mass is 9.83. The fourth-order valence-corrected chi connectivity index (χ4v) is 2.68. The van der Waals surface area contributed by atoms with Crippen LogP contribution in [0.25, 0.3) is 0 Å². The lowest BCUT2D eigenvalue weighted by Gasteiger charge is -2.28. The molecule has 1 aliphatic carbocycles. The smallest absolute Gasteiger partial charge is 0.233 e. The first-order chi connectivity index (χ1) is 8.61. The Hall–Kier alpha value is -0.570. The van der Waals surface area contributed by atoms with Gasteiger partial charge in [-0.25, -0.2) is 0 Å². The first kappa shape index (κ1) is 15.5. The van der Waals surface area contributed by atoms with Gasteiger partial charge in [-0.05, 0) is 37.5 Å². The van der Waals surface area contributed by atoms with Crippen LogP contribution < -0.4 is 10.6 Å². The molecule has 3 heteroatoms. The van der Waals surface area contributed by atoms with Gasteiger partial charge in [-0.1, -0.05) is 33.6 Å². The van der Waals surface area contributed by atoms with Crippen molar-refractivity contribution in [1.29, 1.82) is 0 Å². The Bertz CT molecular complexity index is 233. The molecule has 106 valence electrons. The van der Waals surface area contributed by atoms with Crippen molar-refractivity contribution in [3.8, 4) is 0 Å². The van der Waals surface area contributed by atoms with Gasteiger partial charge in [0, 0.05) is 12.6 Å². The van der Waals surface area contributed by atoms with E-state index in [-0.39, 0.29) is 5.91 Å². The maximum atomic E-state index is 11.6. The topological polar surface area (TPSA) is 41.1 Å². The van der Waals surface area contributed by atoms with E-state index in [0.717, 1.165) is 12.5 Å². The third-order valence-electron chi connectivity index (χ3n) is 3.80. The van der Waals surface area contributed by atoms with Crippen molar-refractivity contribution in [2.75, 3.05) is 13.1 Å². The van der Waals surface area contributed by atoms with Crippen LogP contribution in [0, 0.1) is 11.8 Å². The van der Waals surface area contributed by atoms with Crippen LogP contribution in [0.5, 0.6) is 0 Å². The Balaban J connectivity index is 2.08. The van der Waals surface area contributed by atoms with Crippen molar-refractivity contribution in [2.24, 2.45) is 11.8 Å². The van der Waals surface area contributed by atoms with Crippen LogP contribution in [-0.4, -0.2) is 25.0 Å². The summed E-state index contributed by atoms with van der Waals surface area (Å²) in [6.07, 6.45) is 7.82. The maximum Gasteiger partial charge on any atom is 0.233 e. The van der Waals surface area contributed by atoms with Crippen molar-refractivity contribution in [3.63, 3.8) is 0 Å². The number of carbonyl (C=O) groups is 1. The summed E-state index contributed by atoms with van der Waals surface area (Å²) in [4.78, 5) is 11.6. The second kappa shape index (κ2) is 8.52. The van der Waals surface area contributed by atoms with Crippen LogP contribution in [0.2, 0.25) is 0 Å². The molecule has 18 heavy (non-hydrogen) atoms. The molecule has 1 rings (SSSR count). The van der Waals surface area contributed by atoms with E-state index in [2.05, 4.69) is 31.4 Å². The summed E-state index contributed by atoms with van der Waals surface area (Å²) in [6.45, 7) is 7.76. The highest BCUT2D eigenvalue weighted by Crippen LogP contribution is 2.27. The molecular weight excluding hydrogens is 224 g/mol. The number of rotatable bonds is 7. The van der Waals surface area contributed by atoms with E-state index in [1.54, 1.807) is 0 Å². The SMILES string of the molecule is CCCC1CCC(NCC(=O)NCC(C)C)CC1. The summed E-state index contributed by atoms with van der Waals surface area (Å²) in [7, 11) is 0. The van der Waals surface area contributed by atoms with Gasteiger partial charge >= 0.3 is 0 Å². The summed E-state index contributed by atoms with van der Waals surface area (Å²) >= 11 is 0. The zero-order valence-electron chi connectivity index (χ0n) is 12.3. The maximum absolute atomic E-state index is 11.6. The first-order valence-corrected chi connectivity index (χ1v) is 7.61.